The average Bonchev–Trinajstić information content (AvgIpc) is 2.32. The van der Waals surface area contributed by atoms with Gasteiger partial charge < -0.3 is 11.1 Å². The average molecular weight is 283 g/mol. The molecule has 0 amide bonds. The third-order valence-corrected chi connectivity index (χ3v) is 4.03. The second-order valence-electron chi connectivity index (χ2n) is 4.57. The Morgan fingerprint density at radius 3 is 2.75 bits per heavy atom. The first-order valence-corrected chi connectivity index (χ1v) is 6.82. The fraction of sp³-hybridized carbons (Fsp3) is 0.538. The quantitative estimate of drug-likeness (QED) is 0.834. The zero-order valence-corrected chi connectivity index (χ0v) is 11.1. The molecule has 0 aliphatic heterocycles. The van der Waals surface area contributed by atoms with E-state index in [4.69, 9.17) is 5.73 Å². The highest BCUT2D eigenvalue weighted by atomic mass is 79.9. The number of nitrogens with two attached hydrogens (primary N) is 1. The normalized spacial score (nSPS) is 17.6. The van der Waals surface area contributed by atoms with Crippen molar-refractivity contribution in [3.63, 3.8) is 0 Å². The zero-order valence-electron chi connectivity index (χ0n) is 9.51. The Bertz CT molecular complexity index is 346. The van der Waals surface area contributed by atoms with Crippen molar-refractivity contribution in [2.24, 2.45) is 0 Å². The van der Waals surface area contributed by atoms with Crippen LogP contribution in [0, 0.1) is 0 Å². The molecule has 2 rings (SSSR count). The van der Waals surface area contributed by atoms with E-state index in [0.717, 1.165) is 16.7 Å². The van der Waals surface area contributed by atoms with Crippen LogP contribution < -0.4 is 11.1 Å². The minimum absolute atomic E-state index is 0.696. The number of hydrogen-bond acceptors (Lipinski definition) is 2. The van der Waals surface area contributed by atoms with Gasteiger partial charge in [-0.2, -0.15) is 0 Å². The van der Waals surface area contributed by atoms with Crippen LogP contribution >= 0.6 is 15.9 Å². The third-order valence-electron chi connectivity index (χ3n) is 3.26. The van der Waals surface area contributed by atoms with Crippen LogP contribution in [0.2, 0.25) is 0 Å². The summed E-state index contributed by atoms with van der Waals surface area (Å²) in [5.74, 6) is 0. The molecule has 0 unspecified atom stereocenters. The van der Waals surface area contributed by atoms with Crippen molar-refractivity contribution in [1.29, 1.82) is 0 Å². The second kappa shape index (κ2) is 5.69. The summed E-state index contributed by atoms with van der Waals surface area (Å²) in [7, 11) is 0. The molecule has 0 radical (unpaired) electrons. The van der Waals surface area contributed by atoms with Crippen LogP contribution in [-0.4, -0.2) is 6.04 Å². The summed E-state index contributed by atoms with van der Waals surface area (Å²) in [4.78, 5) is 0. The Labute approximate surface area is 106 Å². The van der Waals surface area contributed by atoms with Gasteiger partial charge in [0.05, 0.1) is 0 Å². The Hall–Kier alpha value is -0.540. The molecule has 0 heterocycles. The summed E-state index contributed by atoms with van der Waals surface area (Å²) in [6, 6.07) is 6.68. The lowest BCUT2D eigenvalue weighted by Gasteiger charge is -2.23. The van der Waals surface area contributed by atoms with E-state index in [9.17, 15) is 0 Å². The molecule has 88 valence electrons. The van der Waals surface area contributed by atoms with E-state index in [1.165, 1.54) is 37.7 Å². The van der Waals surface area contributed by atoms with Crippen LogP contribution in [0.3, 0.4) is 0 Å². The zero-order chi connectivity index (χ0) is 11.4. The Morgan fingerprint density at radius 2 is 2.00 bits per heavy atom. The van der Waals surface area contributed by atoms with E-state index in [0.29, 0.717) is 6.04 Å². The van der Waals surface area contributed by atoms with Crippen LogP contribution in [0.25, 0.3) is 0 Å². The number of anilines is 1. The molecule has 1 saturated carbocycles. The van der Waals surface area contributed by atoms with Gasteiger partial charge in [0.2, 0.25) is 0 Å². The number of hydrogen-bond donors (Lipinski definition) is 2. The molecule has 1 aromatic rings. The summed E-state index contributed by atoms with van der Waals surface area (Å²) >= 11 is 3.56. The van der Waals surface area contributed by atoms with Gasteiger partial charge in [-0.3, -0.25) is 0 Å². The standard InChI is InChI=1S/C13H19BrN2/c14-13-7-6-11(15)8-10(13)9-16-12-4-2-1-3-5-12/h6-8,12,16H,1-5,9,15H2. The van der Waals surface area contributed by atoms with Crippen LogP contribution in [-0.2, 0) is 6.54 Å². The number of rotatable bonds is 3. The summed E-state index contributed by atoms with van der Waals surface area (Å²) in [6.45, 7) is 0.913. The summed E-state index contributed by atoms with van der Waals surface area (Å²) < 4.78 is 1.14. The van der Waals surface area contributed by atoms with Crippen LogP contribution in [0.4, 0.5) is 5.69 Å². The van der Waals surface area contributed by atoms with Crippen molar-refractivity contribution in [2.75, 3.05) is 5.73 Å². The lowest BCUT2D eigenvalue weighted by atomic mass is 9.95. The monoisotopic (exact) mass is 282 g/mol. The fourth-order valence-corrected chi connectivity index (χ4v) is 2.68. The van der Waals surface area contributed by atoms with Gasteiger partial charge in [0.25, 0.3) is 0 Å². The summed E-state index contributed by atoms with van der Waals surface area (Å²) in [5.41, 5.74) is 7.88. The second-order valence-corrected chi connectivity index (χ2v) is 5.42. The maximum atomic E-state index is 5.79. The minimum atomic E-state index is 0.696. The highest BCUT2D eigenvalue weighted by molar-refractivity contribution is 9.10. The Morgan fingerprint density at radius 1 is 1.25 bits per heavy atom. The summed E-state index contributed by atoms with van der Waals surface area (Å²) in [6.07, 6.45) is 6.78. The van der Waals surface area contributed by atoms with Crippen LogP contribution in [0.15, 0.2) is 22.7 Å². The number of benzene rings is 1. The van der Waals surface area contributed by atoms with Crippen molar-refractivity contribution in [2.45, 2.75) is 44.7 Å². The van der Waals surface area contributed by atoms with E-state index in [1.807, 2.05) is 18.2 Å². The first-order chi connectivity index (χ1) is 7.75. The van der Waals surface area contributed by atoms with Gasteiger partial charge in [-0.05, 0) is 36.6 Å². The molecule has 3 N–H and O–H groups in total. The Balaban J connectivity index is 1.90. The molecule has 1 aromatic carbocycles. The first-order valence-electron chi connectivity index (χ1n) is 6.03. The van der Waals surface area contributed by atoms with Crippen molar-refractivity contribution >= 4 is 21.6 Å². The maximum Gasteiger partial charge on any atom is 0.0318 e. The van der Waals surface area contributed by atoms with Gasteiger partial charge in [-0.15, -0.1) is 0 Å². The number of halogens is 1. The fourth-order valence-electron chi connectivity index (χ4n) is 2.29. The molecule has 0 atom stereocenters. The maximum absolute atomic E-state index is 5.79. The van der Waals surface area contributed by atoms with E-state index < -0.39 is 0 Å². The van der Waals surface area contributed by atoms with Gasteiger partial charge in [0.15, 0.2) is 0 Å². The molecule has 0 spiro atoms. The lowest BCUT2D eigenvalue weighted by molar-refractivity contribution is 0.372. The van der Waals surface area contributed by atoms with Crippen molar-refractivity contribution in [1.82, 2.24) is 5.32 Å². The predicted octanol–water partition coefficient (Wildman–Crippen LogP) is 3.45. The predicted molar refractivity (Wildman–Crippen MR) is 72.3 cm³/mol. The van der Waals surface area contributed by atoms with Gasteiger partial charge >= 0.3 is 0 Å². The number of nitrogen functional groups attached to an aromatic ring is 1. The molecule has 0 saturated heterocycles. The van der Waals surface area contributed by atoms with Crippen molar-refractivity contribution in [3.05, 3.63) is 28.2 Å². The Kier molecular flexibility index (Phi) is 4.24. The van der Waals surface area contributed by atoms with E-state index in [-0.39, 0.29) is 0 Å². The van der Waals surface area contributed by atoms with Gasteiger partial charge in [0.1, 0.15) is 0 Å². The topological polar surface area (TPSA) is 38.0 Å². The highest BCUT2D eigenvalue weighted by Crippen LogP contribution is 2.21. The van der Waals surface area contributed by atoms with Crippen molar-refractivity contribution < 1.29 is 0 Å². The molecule has 16 heavy (non-hydrogen) atoms. The largest absolute Gasteiger partial charge is 0.399 e. The molecule has 2 nitrogen and oxygen atoms in total. The van der Waals surface area contributed by atoms with Gasteiger partial charge in [0, 0.05) is 22.7 Å². The molecule has 0 aromatic heterocycles. The van der Waals surface area contributed by atoms with E-state index in [2.05, 4.69) is 21.2 Å². The van der Waals surface area contributed by atoms with E-state index in [1.54, 1.807) is 0 Å². The smallest absolute Gasteiger partial charge is 0.0318 e. The molecule has 1 aliphatic carbocycles. The lowest BCUT2D eigenvalue weighted by Crippen LogP contribution is -2.30. The molecule has 1 aliphatic rings. The third kappa shape index (κ3) is 3.22. The van der Waals surface area contributed by atoms with Crippen molar-refractivity contribution in [3.8, 4) is 0 Å². The molecule has 3 heteroatoms. The van der Waals surface area contributed by atoms with Gasteiger partial charge in [-0.1, -0.05) is 35.2 Å². The number of nitrogens with one attached hydrogen (secondary N) is 1. The highest BCUT2D eigenvalue weighted by Gasteiger charge is 2.12. The summed E-state index contributed by atoms with van der Waals surface area (Å²) in [5, 5.41) is 3.62. The first kappa shape index (κ1) is 11.9. The van der Waals surface area contributed by atoms with E-state index >= 15 is 0 Å². The SMILES string of the molecule is Nc1ccc(Br)c(CNC2CCCCC2)c1. The van der Waals surface area contributed by atoms with Crippen LogP contribution in [0.1, 0.15) is 37.7 Å². The minimum Gasteiger partial charge on any atom is -0.399 e. The molecular weight excluding hydrogens is 264 g/mol. The molecular formula is C13H19BrN2. The molecule has 1 fully saturated rings. The van der Waals surface area contributed by atoms with Crippen LogP contribution in [0.5, 0.6) is 0 Å². The van der Waals surface area contributed by atoms with Gasteiger partial charge in [-0.25, -0.2) is 0 Å². The molecule has 0 bridgehead atoms.